The molecule has 2 heteroatoms. The highest BCUT2D eigenvalue weighted by molar-refractivity contribution is 5.60. The molecule has 0 aliphatic heterocycles. The molecule has 0 heterocycles. The Morgan fingerprint density at radius 1 is 0.889 bits per heavy atom. The Morgan fingerprint density at radius 3 is 1.83 bits per heavy atom. The van der Waals surface area contributed by atoms with Gasteiger partial charge >= 0.3 is 0 Å². The fourth-order valence-electron chi connectivity index (χ4n) is 1.84. The van der Waals surface area contributed by atoms with E-state index in [9.17, 15) is 0 Å². The molecule has 0 atom stereocenters. The van der Waals surface area contributed by atoms with Gasteiger partial charge in [-0.05, 0) is 41.3 Å². The van der Waals surface area contributed by atoms with Crippen LogP contribution in [0.3, 0.4) is 0 Å². The summed E-state index contributed by atoms with van der Waals surface area (Å²) in [7, 11) is 0. The van der Waals surface area contributed by atoms with E-state index >= 15 is 0 Å². The zero-order valence-electron chi connectivity index (χ0n) is 11.0. The van der Waals surface area contributed by atoms with Gasteiger partial charge in [-0.2, -0.15) is 0 Å². The first-order valence-corrected chi connectivity index (χ1v) is 6.35. The first-order valence-electron chi connectivity index (χ1n) is 6.35. The minimum absolute atomic E-state index is 0.572. The molecule has 0 saturated heterocycles. The molecule has 94 valence electrons. The van der Waals surface area contributed by atoms with Gasteiger partial charge in [-0.25, -0.2) is 0 Å². The second-order valence-corrected chi connectivity index (χ2v) is 4.80. The quantitative estimate of drug-likeness (QED) is 0.847. The monoisotopic (exact) mass is 240 g/mol. The molecule has 2 rings (SSSR count). The highest BCUT2D eigenvalue weighted by atomic mass is 14.9. The van der Waals surface area contributed by atoms with Crippen molar-refractivity contribution in [3.63, 3.8) is 0 Å². The van der Waals surface area contributed by atoms with Gasteiger partial charge in [0.1, 0.15) is 0 Å². The molecular weight excluding hydrogens is 220 g/mol. The molecule has 0 radical (unpaired) electrons. The summed E-state index contributed by atoms with van der Waals surface area (Å²) in [5.74, 6) is 0.572. The zero-order valence-corrected chi connectivity index (χ0v) is 11.0. The SMILES string of the molecule is CC(C)c1ccc(Nc2ccc(CN)cc2)cc1. The molecule has 18 heavy (non-hydrogen) atoms. The number of rotatable bonds is 4. The van der Waals surface area contributed by atoms with Crippen molar-refractivity contribution in [3.05, 3.63) is 59.7 Å². The van der Waals surface area contributed by atoms with Crippen LogP contribution >= 0.6 is 0 Å². The zero-order chi connectivity index (χ0) is 13.0. The van der Waals surface area contributed by atoms with E-state index in [2.05, 4.69) is 55.6 Å². The van der Waals surface area contributed by atoms with E-state index in [1.54, 1.807) is 0 Å². The van der Waals surface area contributed by atoms with Crippen molar-refractivity contribution in [1.82, 2.24) is 0 Å². The molecule has 2 aromatic rings. The van der Waals surface area contributed by atoms with Crippen LogP contribution in [0.2, 0.25) is 0 Å². The minimum atomic E-state index is 0.572. The van der Waals surface area contributed by atoms with E-state index in [4.69, 9.17) is 5.73 Å². The van der Waals surface area contributed by atoms with Crippen molar-refractivity contribution < 1.29 is 0 Å². The van der Waals surface area contributed by atoms with E-state index in [0.717, 1.165) is 16.9 Å². The number of anilines is 2. The van der Waals surface area contributed by atoms with Gasteiger partial charge in [0, 0.05) is 17.9 Å². The molecule has 0 bridgehead atoms. The Hall–Kier alpha value is -1.80. The molecular formula is C16H20N2. The van der Waals surface area contributed by atoms with E-state index in [1.165, 1.54) is 5.56 Å². The predicted octanol–water partition coefficient (Wildman–Crippen LogP) is 4.01. The molecule has 0 saturated carbocycles. The summed E-state index contributed by atoms with van der Waals surface area (Å²) < 4.78 is 0. The molecule has 0 unspecified atom stereocenters. The third-order valence-corrected chi connectivity index (χ3v) is 3.06. The van der Waals surface area contributed by atoms with E-state index in [-0.39, 0.29) is 0 Å². The van der Waals surface area contributed by atoms with Crippen LogP contribution in [-0.4, -0.2) is 0 Å². The number of nitrogens with one attached hydrogen (secondary N) is 1. The lowest BCUT2D eigenvalue weighted by Gasteiger charge is -2.09. The van der Waals surface area contributed by atoms with Crippen molar-refractivity contribution in [2.75, 3.05) is 5.32 Å². The predicted molar refractivity (Wildman–Crippen MR) is 78.1 cm³/mol. The van der Waals surface area contributed by atoms with Crippen LogP contribution in [0.25, 0.3) is 0 Å². The molecule has 0 amide bonds. The third-order valence-electron chi connectivity index (χ3n) is 3.06. The minimum Gasteiger partial charge on any atom is -0.356 e. The van der Waals surface area contributed by atoms with Gasteiger partial charge in [-0.15, -0.1) is 0 Å². The molecule has 0 fully saturated rings. The summed E-state index contributed by atoms with van der Waals surface area (Å²) in [5.41, 5.74) is 10.3. The van der Waals surface area contributed by atoms with Crippen molar-refractivity contribution in [2.45, 2.75) is 26.3 Å². The van der Waals surface area contributed by atoms with Gasteiger partial charge in [0.25, 0.3) is 0 Å². The first-order chi connectivity index (χ1) is 8.69. The molecule has 2 nitrogen and oxygen atoms in total. The van der Waals surface area contributed by atoms with Gasteiger partial charge in [0.2, 0.25) is 0 Å². The van der Waals surface area contributed by atoms with Crippen LogP contribution < -0.4 is 11.1 Å². The number of hydrogen-bond acceptors (Lipinski definition) is 2. The average Bonchev–Trinajstić information content (AvgIpc) is 2.40. The van der Waals surface area contributed by atoms with Crippen LogP contribution in [0.1, 0.15) is 30.9 Å². The molecule has 0 aliphatic carbocycles. The fourth-order valence-corrected chi connectivity index (χ4v) is 1.84. The highest BCUT2D eigenvalue weighted by Gasteiger charge is 1.99. The van der Waals surface area contributed by atoms with Crippen molar-refractivity contribution in [3.8, 4) is 0 Å². The summed E-state index contributed by atoms with van der Waals surface area (Å²) in [6.45, 7) is 4.99. The Morgan fingerprint density at radius 2 is 1.39 bits per heavy atom. The van der Waals surface area contributed by atoms with Gasteiger partial charge in [0.15, 0.2) is 0 Å². The van der Waals surface area contributed by atoms with Gasteiger partial charge < -0.3 is 11.1 Å². The molecule has 0 aliphatic rings. The van der Waals surface area contributed by atoms with Gasteiger partial charge in [-0.1, -0.05) is 38.1 Å². The maximum absolute atomic E-state index is 5.58. The lowest BCUT2D eigenvalue weighted by atomic mass is 10.0. The second kappa shape index (κ2) is 5.69. The maximum Gasteiger partial charge on any atom is 0.0384 e. The Bertz CT molecular complexity index is 484. The lowest BCUT2D eigenvalue weighted by Crippen LogP contribution is -1.96. The van der Waals surface area contributed by atoms with Gasteiger partial charge in [0.05, 0.1) is 0 Å². The highest BCUT2D eigenvalue weighted by Crippen LogP contribution is 2.20. The summed E-state index contributed by atoms with van der Waals surface area (Å²) in [4.78, 5) is 0. The van der Waals surface area contributed by atoms with Crippen LogP contribution in [0.15, 0.2) is 48.5 Å². The number of nitrogens with two attached hydrogens (primary N) is 1. The van der Waals surface area contributed by atoms with Crippen LogP contribution in [0.5, 0.6) is 0 Å². The van der Waals surface area contributed by atoms with Crippen LogP contribution in [-0.2, 0) is 6.54 Å². The largest absolute Gasteiger partial charge is 0.356 e. The van der Waals surface area contributed by atoms with Crippen LogP contribution in [0, 0.1) is 0 Å². The van der Waals surface area contributed by atoms with Crippen LogP contribution in [0.4, 0.5) is 11.4 Å². The van der Waals surface area contributed by atoms with Gasteiger partial charge in [-0.3, -0.25) is 0 Å². The summed E-state index contributed by atoms with van der Waals surface area (Å²) >= 11 is 0. The fraction of sp³-hybridized carbons (Fsp3) is 0.250. The molecule has 0 spiro atoms. The Labute approximate surface area is 109 Å². The normalized spacial score (nSPS) is 10.7. The summed E-state index contributed by atoms with van der Waals surface area (Å²) in [6.07, 6.45) is 0. The molecule has 3 N–H and O–H groups in total. The molecule has 2 aromatic carbocycles. The number of hydrogen-bond donors (Lipinski definition) is 2. The molecule has 0 aromatic heterocycles. The summed E-state index contributed by atoms with van der Waals surface area (Å²) in [6, 6.07) is 16.8. The Kier molecular flexibility index (Phi) is 4.00. The topological polar surface area (TPSA) is 38.0 Å². The smallest absolute Gasteiger partial charge is 0.0384 e. The number of benzene rings is 2. The van der Waals surface area contributed by atoms with E-state index < -0.39 is 0 Å². The average molecular weight is 240 g/mol. The standard InChI is InChI=1S/C16H20N2/c1-12(2)14-5-9-16(10-6-14)18-15-7-3-13(11-17)4-8-15/h3-10,12,18H,11,17H2,1-2H3. The van der Waals surface area contributed by atoms with Crippen molar-refractivity contribution >= 4 is 11.4 Å². The first kappa shape index (κ1) is 12.7. The third kappa shape index (κ3) is 3.11. The van der Waals surface area contributed by atoms with Crippen molar-refractivity contribution in [2.24, 2.45) is 5.73 Å². The van der Waals surface area contributed by atoms with E-state index in [0.29, 0.717) is 12.5 Å². The maximum atomic E-state index is 5.58. The summed E-state index contributed by atoms with van der Waals surface area (Å²) in [5, 5.41) is 3.38. The Balaban J connectivity index is 2.08. The second-order valence-electron chi connectivity index (χ2n) is 4.80. The lowest BCUT2D eigenvalue weighted by molar-refractivity contribution is 0.867. The van der Waals surface area contributed by atoms with E-state index in [1.807, 2.05) is 12.1 Å². The van der Waals surface area contributed by atoms with Crippen molar-refractivity contribution in [1.29, 1.82) is 0 Å².